The predicted molar refractivity (Wildman–Crippen MR) is 62.8 cm³/mol. The molecule has 3 heteroatoms. The van der Waals surface area contributed by atoms with E-state index in [0.29, 0.717) is 18.4 Å². The van der Waals surface area contributed by atoms with Crippen molar-refractivity contribution in [2.24, 2.45) is 0 Å². The Labute approximate surface area is 94.3 Å². The van der Waals surface area contributed by atoms with Crippen LogP contribution in [-0.2, 0) is 6.54 Å². The minimum absolute atomic E-state index is 0.195. The Balaban J connectivity index is 2.29. The maximum Gasteiger partial charge on any atom is 0.132 e. The molecule has 86 valence electrons. The molecule has 1 N–H and O–H groups in total. The van der Waals surface area contributed by atoms with E-state index in [2.05, 4.69) is 0 Å². The zero-order valence-electron chi connectivity index (χ0n) is 9.57. The Hall–Kier alpha value is -1.35. The molecule has 1 heterocycles. The van der Waals surface area contributed by atoms with Crippen LogP contribution in [0.2, 0.25) is 0 Å². The van der Waals surface area contributed by atoms with E-state index < -0.39 is 5.60 Å². The van der Waals surface area contributed by atoms with Gasteiger partial charge in [0.1, 0.15) is 5.82 Å². The third kappa shape index (κ3) is 2.25. The Morgan fingerprint density at radius 1 is 1.31 bits per heavy atom. The molecule has 0 spiro atoms. The van der Waals surface area contributed by atoms with Crippen LogP contribution in [0.15, 0.2) is 30.5 Å². The van der Waals surface area contributed by atoms with Gasteiger partial charge in [-0.1, -0.05) is 6.07 Å². The van der Waals surface area contributed by atoms with Crippen molar-refractivity contribution in [2.45, 2.75) is 32.4 Å². The van der Waals surface area contributed by atoms with E-state index in [1.165, 1.54) is 6.07 Å². The summed E-state index contributed by atoms with van der Waals surface area (Å²) in [6, 6.07) is 6.83. The molecule has 0 saturated heterocycles. The molecule has 1 aromatic heterocycles. The van der Waals surface area contributed by atoms with Crippen molar-refractivity contribution in [3.63, 3.8) is 0 Å². The highest BCUT2D eigenvalue weighted by molar-refractivity contribution is 5.80. The summed E-state index contributed by atoms with van der Waals surface area (Å²) in [5.41, 5.74) is 0.188. The second kappa shape index (κ2) is 3.91. The van der Waals surface area contributed by atoms with Crippen LogP contribution in [-0.4, -0.2) is 15.3 Å². The monoisotopic (exact) mass is 221 g/mol. The van der Waals surface area contributed by atoms with E-state index in [-0.39, 0.29) is 5.82 Å². The van der Waals surface area contributed by atoms with Crippen molar-refractivity contribution < 1.29 is 9.50 Å². The van der Waals surface area contributed by atoms with Crippen LogP contribution in [0.3, 0.4) is 0 Å². The zero-order chi connectivity index (χ0) is 11.8. The van der Waals surface area contributed by atoms with Crippen LogP contribution in [0.25, 0.3) is 10.9 Å². The van der Waals surface area contributed by atoms with Gasteiger partial charge in [-0.15, -0.1) is 0 Å². The second-order valence-electron chi connectivity index (χ2n) is 4.74. The molecule has 1 aromatic carbocycles. The minimum atomic E-state index is -0.691. The quantitative estimate of drug-likeness (QED) is 0.847. The number of hydrogen-bond donors (Lipinski definition) is 1. The minimum Gasteiger partial charge on any atom is -0.390 e. The molecule has 0 bridgehead atoms. The number of aliphatic hydroxyl groups is 1. The average molecular weight is 221 g/mol. The zero-order valence-corrected chi connectivity index (χ0v) is 9.57. The van der Waals surface area contributed by atoms with Crippen LogP contribution in [0, 0.1) is 5.82 Å². The number of halogens is 1. The van der Waals surface area contributed by atoms with Crippen molar-refractivity contribution in [3.05, 3.63) is 36.3 Å². The fraction of sp³-hybridized carbons (Fsp3) is 0.385. The molecule has 0 amide bonds. The molecule has 16 heavy (non-hydrogen) atoms. The summed E-state index contributed by atoms with van der Waals surface area (Å²) in [5.74, 6) is -0.195. The molecule has 2 nitrogen and oxygen atoms in total. The SMILES string of the molecule is CC(C)(O)CCn1ccc2c(F)cccc21. The van der Waals surface area contributed by atoms with Crippen LogP contribution in [0.4, 0.5) is 4.39 Å². The van der Waals surface area contributed by atoms with Crippen LogP contribution < -0.4 is 0 Å². The summed E-state index contributed by atoms with van der Waals surface area (Å²) in [5, 5.41) is 10.3. The maximum atomic E-state index is 13.4. The van der Waals surface area contributed by atoms with Gasteiger partial charge < -0.3 is 9.67 Å². The number of aromatic nitrogens is 1. The molecule has 0 aliphatic rings. The van der Waals surface area contributed by atoms with Crippen LogP contribution in [0.5, 0.6) is 0 Å². The molecule has 0 unspecified atom stereocenters. The number of rotatable bonds is 3. The topological polar surface area (TPSA) is 25.2 Å². The third-order valence-corrected chi connectivity index (χ3v) is 2.72. The van der Waals surface area contributed by atoms with Gasteiger partial charge in [-0.25, -0.2) is 4.39 Å². The van der Waals surface area contributed by atoms with Crippen molar-refractivity contribution in [2.75, 3.05) is 0 Å². The summed E-state index contributed by atoms with van der Waals surface area (Å²) in [6.45, 7) is 4.25. The molecule has 0 radical (unpaired) electrons. The first-order valence-corrected chi connectivity index (χ1v) is 5.43. The number of aryl methyl sites for hydroxylation is 1. The van der Waals surface area contributed by atoms with Crippen LogP contribution in [0.1, 0.15) is 20.3 Å². The van der Waals surface area contributed by atoms with E-state index in [4.69, 9.17) is 0 Å². The van der Waals surface area contributed by atoms with Gasteiger partial charge in [0, 0.05) is 18.1 Å². The Morgan fingerprint density at radius 3 is 2.75 bits per heavy atom. The normalized spacial score (nSPS) is 12.2. The highest BCUT2D eigenvalue weighted by atomic mass is 19.1. The summed E-state index contributed by atoms with van der Waals surface area (Å²) >= 11 is 0. The third-order valence-electron chi connectivity index (χ3n) is 2.72. The lowest BCUT2D eigenvalue weighted by Crippen LogP contribution is -2.20. The molecule has 0 aliphatic carbocycles. The first kappa shape index (κ1) is 11.1. The first-order valence-electron chi connectivity index (χ1n) is 5.43. The van der Waals surface area contributed by atoms with Gasteiger partial charge in [-0.05, 0) is 38.5 Å². The standard InChI is InChI=1S/C13H16FNO/c1-13(2,16)7-9-15-8-6-10-11(14)4-3-5-12(10)15/h3-6,8,16H,7,9H2,1-2H3. The fourth-order valence-electron chi connectivity index (χ4n) is 1.77. The maximum absolute atomic E-state index is 13.4. The predicted octanol–water partition coefficient (Wildman–Crippen LogP) is 2.94. The summed E-state index contributed by atoms with van der Waals surface area (Å²) < 4.78 is 15.4. The largest absolute Gasteiger partial charge is 0.390 e. The van der Waals surface area contributed by atoms with Gasteiger partial charge in [-0.2, -0.15) is 0 Å². The molecule has 0 saturated carbocycles. The lowest BCUT2D eigenvalue weighted by molar-refractivity contribution is 0.0666. The summed E-state index contributed by atoms with van der Waals surface area (Å²) in [4.78, 5) is 0. The highest BCUT2D eigenvalue weighted by Crippen LogP contribution is 2.20. The van der Waals surface area contributed by atoms with Crippen molar-refractivity contribution in [1.82, 2.24) is 4.57 Å². The molecule has 0 fully saturated rings. The van der Waals surface area contributed by atoms with Crippen molar-refractivity contribution >= 4 is 10.9 Å². The van der Waals surface area contributed by atoms with Gasteiger partial charge in [0.2, 0.25) is 0 Å². The average Bonchev–Trinajstić information content (AvgIpc) is 2.58. The Morgan fingerprint density at radius 2 is 2.06 bits per heavy atom. The molecule has 0 aliphatic heterocycles. The van der Waals surface area contributed by atoms with E-state index in [0.717, 1.165) is 5.52 Å². The van der Waals surface area contributed by atoms with E-state index in [1.807, 2.05) is 16.8 Å². The smallest absolute Gasteiger partial charge is 0.132 e. The molecular formula is C13H16FNO. The summed E-state index contributed by atoms with van der Waals surface area (Å²) in [7, 11) is 0. The van der Waals surface area contributed by atoms with E-state index >= 15 is 0 Å². The number of fused-ring (bicyclic) bond motifs is 1. The highest BCUT2D eigenvalue weighted by Gasteiger charge is 2.13. The van der Waals surface area contributed by atoms with E-state index in [9.17, 15) is 9.50 Å². The molecule has 0 atom stereocenters. The van der Waals surface area contributed by atoms with Gasteiger partial charge in [0.05, 0.1) is 11.1 Å². The van der Waals surface area contributed by atoms with Crippen LogP contribution >= 0.6 is 0 Å². The lowest BCUT2D eigenvalue weighted by atomic mass is 10.1. The lowest BCUT2D eigenvalue weighted by Gasteiger charge is -2.17. The second-order valence-corrected chi connectivity index (χ2v) is 4.74. The number of hydrogen-bond acceptors (Lipinski definition) is 1. The van der Waals surface area contributed by atoms with Crippen molar-refractivity contribution in [1.29, 1.82) is 0 Å². The molecule has 2 aromatic rings. The van der Waals surface area contributed by atoms with E-state index in [1.54, 1.807) is 26.0 Å². The van der Waals surface area contributed by atoms with Crippen molar-refractivity contribution in [3.8, 4) is 0 Å². The number of nitrogens with zero attached hydrogens (tertiary/aromatic N) is 1. The van der Waals surface area contributed by atoms with Gasteiger partial charge in [0.15, 0.2) is 0 Å². The summed E-state index contributed by atoms with van der Waals surface area (Å²) in [6.07, 6.45) is 2.51. The van der Waals surface area contributed by atoms with Gasteiger partial charge >= 0.3 is 0 Å². The Kier molecular flexibility index (Phi) is 2.72. The number of benzene rings is 1. The Bertz CT molecular complexity index is 496. The first-order chi connectivity index (χ1) is 7.47. The van der Waals surface area contributed by atoms with Gasteiger partial charge in [-0.3, -0.25) is 0 Å². The molecule has 2 rings (SSSR count). The molecular weight excluding hydrogens is 205 g/mol. The fourth-order valence-corrected chi connectivity index (χ4v) is 1.77. The van der Waals surface area contributed by atoms with Gasteiger partial charge in [0.25, 0.3) is 0 Å².